The SMILES string of the molecule is O=C(NCc1nc(-c2ccc(O)cc2)cs1)C1CCC1. The highest BCUT2D eigenvalue weighted by atomic mass is 32.1. The molecule has 1 fully saturated rings. The van der Waals surface area contributed by atoms with Crippen LogP contribution in [0.3, 0.4) is 0 Å². The summed E-state index contributed by atoms with van der Waals surface area (Å²) in [5.41, 5.74) is 1.85. The zero-order chi connectivity index (χ0) is 13.9. The van der Waals surface area contributed by atoms with Crippen molar-refractivity contribution in [3.05, 3.63) is 34.7 Å². The second-order valence-electron chi connectivity index (χ2n) is 5.02. The number of thiazole rings is 1. The van der Waals surface area contributed by atoms with Gasteiger partial charge < -0.3 is 10.4 Å². The van der Waals surface area contributed by atoms with Crippen LogP contribution in [-0.4, -0.2) is 16.0 Å². The van der Waals surface area contributed by atoms with Gasteiger partial charge >= 0.3 is 0 Å². The van der Waals surface area contributed by atoms with Gasteiger partial charge in [-0.25, -0.2) is 4.98 Å². The molecule has 1 aromatic carbocycles. The molecule has 5 heteroatoms. The Hall–Kier alpha value is -1.88. The topological polar surface area (TPSA) is 62.2 Å². The number of benzene rings is 1. The molecule has 0 unspecified atom stereocenters. The van der Waals surface area contributed by atoms with Crippen LogP contribution in [0.5, 0.6) is 5.75 Å². The summed E-state index contributed by atoms with van der Waals surface area (Å²) in [5, 5.41) is 15.1. The molecule has 0 radical (unpaired) electrons. The average Bonchev–Trinajstić information content (AvgIpc) is 2.84. The monoisotopic (exact) mass is 288 g/mol. The molecule has 2 N–H and O–H groups in total. The lowest BCUT2D eigenvalue weighted by Crippen LogP contribution is -2.33. The molecule has 20 heavy (non-hydrogen) atoms. The third-order valence-corrected chi connectivity index (χ3v) is 4.45. The summed E-state index contributed by atoms with van der Waals surface area (Å²) in [7, 11) is 0. The quantitative estimate of drug-likeness (QED) is 0.909. The minimum atomic E-state index is 0.151. The molecular formula is C15H16N2O2S. The number of carbonyl (C=O) groups excluding carboxylic acids is 1. The lowest BCUT2D eigenvalue weighted by atomic mass is 9.85. The lowest BCUT2D eigenvalue weighted by molar-refractivity contribution is -0.127. The summed E-state index contributed by atoms with van der Waals surface area (Å²) >= 11 is 1.54. The molecule has 0 atom stereocenters. The number of nitrogens with one attached hydrogen (secondary N) is 1. The zero-order valence-corrected chi connectivity index (χ0v) is 11.8. The van der Waals surface area contributed by atoms with Crippen LogP contribution in [0.25, 0.3) is 11.3 Å². The van der Waals surface area contributed by atoms with E-state index in [1.54, 1.807) is 12.1 Å². The summed E-state index contributed by atoms with van der Waals surface area (Å²) in [4.78, 5) is 16.3. The molecule has 1 aliphatic rings. The Morgan fingerprint density at radius 1 is 1.35 bits per heavy atom. The third kappa shape index (κ3) is 2.82. The minimum Gasteiger partial charge on any atom is -0.508 e. The highest BCUT2D eigenvalue weighted by Crippen LogP contribution is 2.27. The van der Waals surface area contributed by atoms with E-state index in [1.165, 1.54) is 17.8 Å². The Kier molecular flexibility index (Phi) is 3.69. The maximum Gasteiger partial charge on any atom is 0.223 e. The van der Waals surface area contributed by atoms with Crippen molar-refractivity contribution >= 4 is 17.2 Å². The van der Waals surface area contributed by atoms with E-state index in [0.717, 1.165) is 29.1 Å². The Morgan fingerprint density at radius 3 is 2.75 bits per heavy atom. The molecule has 1 aromatic heterocycles. The minimum absolute atomic E-state index is 0.151. The van der Waals surface area contributed by atoms with Crippen molar-refractivity contribution in [3.8, 4) is 17.0 Å². The van der Waals surface area contributed by atoms with Gasteiger partial charge in [0.05, 0.1) is 12.2 Å². The van der Waals surface area contributed by atoms with Gasteiger partial charge in [0.15, 0.2) is 0 Å². The second kappa shape index (κ2) is 5.63. The van der Waals surface area contributed by atoms with Gasteiger partial charge in [-0.2, -0.15) is 0 Å². The molecule has 3 rings (SSSR count). The normalized spacial score (nSPS) is 14.8. The van der Waals surface area contributed by atoms with Crippen molar-refractivity contribution in [3.63, 3.8) is 0 Å². The van der Waals surface area contributed by atoms with Crippen molar-refractivity contribution in [2.75, 3.05) is 0 Å². The standard InChI is InChI=1S/C15H16N2O2S/c18-12-6-4-10(5-7-12)13-9-20-14(17-13)8-16-15(19)11-2-1-3-11/h4-7,9,11,18H,1-3,8H2,(H,16,19). The van der Waals surface area contributed by atoms with Crippen molar-refractivity contribution < 1.29 is 9.90 Å². The molecule has 1 saturated carbocycles. The van der Waals surface area contributed by atoms with Crippen molar-refractivity contribution in [1.29, 1.82) is 0 Å². The summed E-state index contributed by atoms with van der Waals surface area (Å²) in [5.74, 6) is 0.612. The van der Waals surface area contributed by atoms with E-state index in [9.17, 15) is 9.90 Å². The first-order chi connectivity index (χ1) is 9.72. The molecule has 1 heterocycles. The predicted octanol–water partition coefficient (Wildman–Crippen LogP) is 2.93. The van der Waals surface area contributed by atoms with E-state index in [0.29, 0.717) is 6.54 Å². The first-order valence-electron chi connectivity index (χ1n) is 6.74. The molecule has 0 bridgehead atoms. The number of hydrogen-bond acceptors (Lipinski definition) is 4. The lowest BCUT2D eigenvalue weighted by Gasteiger charge is -2.23. The van der Waals surface area contributed by atoms with Gasteiger partial charge in [-0.05, 0) is 37.1 Å². The van der Waals surface area contributed by atoms with Crippen LogP contribution in [0.2, 0.25) is 0 Å². The van der Waals surface area contributed by atoms with Crippen LogP contribution in [0.1, 0.15) is 24.3 Å². The van der Waals surface area contributed by atoms with Crippen LogP contribution in [0.15, 0.2) is 29.6 Å². The van der Waals surface area contributed by atoms with Gasteiger partial charge in [0.25, 0.3) is 0 Å². The van der Waals surface area contributed by atoms with Crippen molar-refractivity contribution in [1.82, 2.24) is 10.3 Å². The maximum atomic E-state index is 11.8. The molecule has 2 aromatic rings. The Morgan fingerprint density at radius 2 is 2.10 bits per heavy atom. The highest BCUT2D eigenvalue weighted by molar-refractivity contribution is 7.09. The van der Waals surface area contributed by atoms with Gasteiger partial charge in [-0.3, -0.25) is 4.79 Å². The van der Waals surface area contributed by atoms with E-state index < -0.39 is 0 Å². The largest absolute Gasteiger partial charge is 0.508 e. The van der Waals surface area contributed by atoms with E-state index in [-0.39, 0.29) is 17.6 Å². The maximum absolute atomic E-state index is 11.8. The molecular weight excluding hydrogens is 272 g/mol. The predicted molar refractivity (Wildman–Crippen MR) is 78.4 cm³/mol. The van der Waals surface area contributed by atoms with Crippen LogP contribution < -0.4 is 5.32 Å². The Bertz CT molecular complexity index is 603. The number of phenols is 1. The zero-order valence-electron chi connectivity index (χ0n) is 11.0. The van der Waals surface area contributed by atoms with Crippen LogP contribution in [0, 0.1) is 5.92 Å². The Balaban J connectivity index is 1.61. The summed E-state index contributed by atoms with van der Waals surface area (Å²) in [6.45, 7) is 0.498. The smallest absolute Gasteiger partial charge is 0.223 e. The molecule has 4 nitrogen and oxygen atoms in total. The molecule has 1 aliphatic carbocycles. The number of phenolic OH excluding ortho intramolecular Hbond substituents is 1. The van der Waals surface area contributed by atoms with Crippen molar-refractivity contribution in [2.24, 2.45) is 5.92 Å². The summed E-state index contributed by atoms with van der Waals surface area (Å²) < 4.78 is 0. The fraction of sp³-hybridized carbons (Fsp3) is 0.333. The number of aromatic nitrogens is 1. The van der Waals surface area contributed by atoms with Gasteiger partial charge in [-0.1, -0.05) is 6.42 Å². The van der Waals surface area contributed by atoms with E-state index in [1.807, 2.05) is 17.5 Å². The number of aromatic hydroxyl groups is 1. The van der Waals surface area contributed by atoms with Crippen molar-refractivity contribution in [2.45, 2.75) is 25.8 Å². The molecule has 0 spiro atoms. The van der Waals surface area contributed by atoms with Gasteiger partial charge in [0.1, 0.15) is 10.8 Å². The number of carbonyl (C=O) groups is 1. The number of hydrogen-bond donors (Lipinski definition) is 2. The first-order valence-corrected chi connectivity index (χ1v) is 7.62. The molecule has 0 saturated heterocycles. The van der Waals surface area contributed by atoms with Crippen LogP contribution >= 0.6 is 11.3 Å². The number of rotatable bonds is 4. The second-order valence-corrected chi connectivity index (χ2v) is 5.96. The highest BCUT2D eigenvalue weighted by Gasteiger charge is 2.24. The van der Waals surface area contributed by atoms with Gasteiger partial charge in [-0.15, -0.1) is 11.3 Å². The van der Waals surface area contributed by atoms with E-state index >= 15 is 0 Å². The van der Waals surface area contributed by atoms with E-state index in [2.05, 4.69) is 10.3 Å². The molecule has 104 valence electrons. The van der Waals surface area contributed by atoms with Gasteiger partial charge in [0.2, 0.25) is 5.91 Å². The van der Waals surface area contributed by atoms with Crippen LogP contribution in [0.4, 0.5) is 0 Å². The number of nitrogens with zero attached hydrogens (tertiary/aromatic N) is 1. The first kappa shape index (κ1) is 13.1. The fourth-order valence-corrected chi connectivity index (χ4v) is 2.88. The molecule has 0 aliphatic heterocycles. The summed E-state index contributed by atoms with van der Waals surface area (Å²) in [6, 6.07) is 6.96. The van der Waals surface area contributed by atoms with E-state index in [4.69, 9.17) is 0 Å². The third-order valence-electron chi connectivity index (χ3n) is 3.60. The number of amides is 1. The Labute approximate surface area is 121 Å². The van der Waals surface area contributed by atoms with Crippen LogP contribution in [-0.2, 0) is 11.3 Å². The molecule has 1 amide bonds. The average molecular weight is 288 g/mol. The fourth-order valence-electron chi connectivity index (χ4n) is 2.13. The summed E-state index contributed by atoms with van der Waals surface area (Å²) in [6.07, 6.45) is 3.20. The van der Waals surface area contributed by atoms with Gasteiger partial charge in [0, 0.05) is 16.9 Å².